The molecular formula is C9H16ClNO2. The summed E-state index contributed by atoms with van der Waals surface area (Å²) in [5.41, 5.74) is 0. The van der Waals surface area contributed by atoms with Crippen LogP contribution in [0, 0.1) is 5.92 Å². The lowest BCUT2D eigenvalue weighted by Crippen LogP contribution is -2.34. The molecule has 0 spiro atoms. The zero-order valence-corrected chi connectivity index (χ0v) is 9.04. The maximum Gasteiger partial charge on any atom is 0.316 e. The van der Waals surface area contributed by atoms with Gasteiger partial charge in [-0.3, -0.25) is 4.79 Å². The van der Waals surface area contributed by atoms with Crippen LogP contribution in [-0.2, 0) is 4.74 Å². The van der Waals surface area contributed by atoms with Crippen LogP contribution in [0.25, 0.3) is 0 Å². The van der Waals surface area contributed by atoms with Gasteiger partial charge in [0.05, 0.1) is 18.8 Å². The van der Waals surface area contributed by atoms with Crippen molar-refractivity contribution >= 4 is 17.0 Å². The topological polar surface area (TPSA) is 29.5 Å². The second-order valence-corrected chi connectivity index (χ2v) is 4.19. The van der Waals surface area contributed by atoms with Gasteiger partial charge in [0.1, 0.15) is 0 Å². The zero-order valence-electron chi connectivity index (χ0n) is 8.29. The van der Waals surface area contributed by atoms with Gasteiger partial charge in [-0.05, 0) is 23.9 Å². The number of nitrogens with zero attached hydrogens (tertiary/aromatic N) is 1. The van der Waals surface area contributed by atoms with Crippen molar-refractivity contribution in [2.75, 3.05) is 13.7 Å². The van der Waals surface area contributed by atoms with Gasteiger partial charge in [-0.1, -0.05) is 13.8 Å². The molecule has 2 atom stereocenters. The van der Waals surface area contributed by atoms with Crippen molar-refractivity contribution in [2.45, 2.75) is 32.4 Å². The summed E-state index contributed by atoms with van der Waals surface area (Å²) < 4.78 is 5.55. The molecule has 76 valence electrons. The summed E-state index contributed by atoms with van der Waals surface area (Å²) in [5, 5.41) is -0.405. The summed E-state index contributed by atoms with van der Waals surface area (Å²) in [7, 11) is 1.71. The Balaban J connectivity index is 2.45. The summed E-state index contributed by atoms with van der Waals surface area (Å²) in [5.74, 6) is 0.504. The summed E-state index contributed by atoms with van der Waals surface area (Å²) in [4.78, 5) is 12.4. The molecule has 0 radical (unpaired) electrons. The maximum atomic E-state index is 10.8. The number of amides is 1. The third kappa shape index (κ3) is 2.58. The van der Waals surface area contributed by atoms with Crippen LogP contribution >= 0.6 is 11.6 Å². The van der Waals surface area contributed by atoms with Crippen LogP contribution in [0.3, 0.4) is 0 Å². The quantitative estimate of drug-likeness (QED) is 0.511. The van der Waals surface area contributed by atoms with Crippen molar-refractivity contribution in [3.05, 3.63) is 0 Å². The van der Waals surface area contributed by atoms with Crippen LogP contribution < -0.4 is 0 Å². The highest BCUT2D eigenvalue weighted by Gasteiger charge is 2.31. The van der Waals surface area contributed by atoms with Crippen molar-refractivity contribution in [1.82, 2.24) is 4.90 Å². The van der Waals surface area contributed by atoms with Gasteiger partial charge in [-0.15, -0.1) is 0 Å². The average Bonchev–Trinajstić information content (AvgIpc) is 2.50. The van der Waals surface area contributed by atoms with Crippen LogP contribution in [0.15, 0.2) is 0 Å². The molecule has 3 nitrogen and oxygen atoms in total. The SMILES string of the molecule is CC(C)C1CC(N(C)C(=O)Cl)CO1. The van der Waals surface area contributed by atoms with Crippen molar-refractivity contribution < 1.29 is 9.53 Å². The summed E-state index contributed by atoms with van der Waals surface area (Å²) >= 11 is 5.37. The van der Waals surface area contributed by atoms with E-state index in [9.17, 15) is 4.79 Å². The lowest BCUT2D eigenvalue weighted by Gasteiger charge is -2.20. The summed E-state index contributed by atoms with van der Waals surface area (Å²) in [6.07, 6.45) is 1.16. The first-order chi connectivity index (χ1) is 6.02. The smallest absolute Gasteiger partial charge is 0.316 e. The van der Waals surface area contributed by atoms with Gasteiger partial charge in [0.2, 0.25) is 0 Å². The van der Waals surface area contributed by atoms with Gasteiger partial charge < -0.3 is 9.64 Å². The summed E-state index contributed by atoms with van der Waals surface area (Å²) in [6, 6.07) is 0.150. The highest BCUT2D eigenvalue weighted by molar-refractivity contribution is 6.62. The number of likely N-dealkylation sites (N-methyl/N-ethyl adjacent to an activating group) is 1. The minimum absolute atomic E-state index is 0.150. The third-order valence-electron chi connectivity index (χ3n) is 2.58. The first-order valence-electron chi connectivity index (χ1n) is 4.56. The number of carbonyl (C=O) groups is 1. The molecule has 0 aromatic rings. The summed E-state index contributed by atoms with van der Waals surface area (Å²) in [6.45, 7) is 4.85. The molecule has 1 amide bonds. The Morgan fingerprint density at radius 2 is 2.23 bits per heavy atom. The standard InChI is InChI=1S/C9H16ClNO2/c1-6(2)8-4-7(5-13-8)11(3)9(10)12/h6-8H,4-5H2,1-3H3. The first kappa shape index (κ1) is 10.8. The van der Waals surface area contributed by atoms with Crippen LogP contribution in [0.5, 0.6) is 0 Å². The van der Waals surface area contributed by atoms with Crippen molar-refractivity contribution in [1.29, 1.82) is 0 Å². The molecule has 13 heavy (non-hydrogen) atoms. The number of hydrogen-bond donors (Lipinski definition) is 0. The van der Waals surface area contributed by atoms with Crippen molar-refractivity contribution in [2.24, 2.45) is 5.92 Å². The molecule has 0 N–H and O–H groups in total. The van der Waals surface area contributed by atoms with E-state index in [0.717, 1.165) is 6.42 Å². The number of hydrogen-bond acceptors (Lipinski definition) is 2. The maximum absolute atomic E-state index is 10.8. The fourth-order valence-electron chi connectivity index (χ4n) is 1.52. The Bertz CT molecular complexity index is 196. The molecule has 4 heteroatoms. The minimum Gasteiger partial charge on any atom is -0.376 e. The highest BCUT2D eigenvalue weighted by atomic mass is 35.5. The minimum atomic E-state index is -0.405. The third-order valence-corrected chi connectivity index (χ3v) is 2.84. The predicted octanol–water partition coefficient (Wildman–Crippen LogP) is 2.09. The van der Waals surface area contributed by atoms with E-state index in [4.69, 9.17) is 16.3 Å². The second kappa shape index (κ2) is 4.29. The lowest BCUT2D eigenvalue weighted by atomic mass is 10.0. The van der Waals surface area contributed by atoms with E-state index in [1.807, 2.05) is 0 Å². The van der Waals surface area contributed by atoms with Crippen molar-refractivity contribution in [3.8, 4) is 0 Å². The number of ether oxygens (including phenoxy) is 1. The van der Waals surface area contributed by atoms with E-state index in [1.54, 1.807) is 11.9 Å². The monoisotopic (exact) mass is 205 g/mol. The van der Waals surface area contributed by atoms with Gasteiger partial charge in [-0.25, -0.2) is 0 Å². The molecule has 1 aliphatic heterocycles. The van der Waals surface area contributed by atoms with Gasteiger partial charge in [0.25, 0.3) is 0 Å². The molecule has 1 heterocycles. The van der Waals surface area contributed by atoms with Crippen LogP contribution in [0.2, 0.25) is 0 Å². The van der Waals surface area contributed by atoms with E-state index in [1.165, 1.54) is 0 Å². The van der Waals surface area contributed by atoms with Gasteiger partial charge >= 0.3 is 5.37 Å². The normalized spacial score (nSPS) is 28.1. The molecule has 0 aromatic carbocycles. The molecular weight excluding hydrogens is 190 g/mol. The number of rotatable bonds is 2. The molecule has 0 aliphatic carbocycles. The zero-order chi connectivity index (χ0) is 10.0. The van der Waals surface area contributed by atoms with E-state index >= 15 is 0 Å². The van der Waals surface area contributed by atoms with Gasteiger partial charge in [-0.2, -0.15) is 0 Å². The van der Waals surface area contributed by atoms with Gasteiger partial charge in [0.15, 0.2) is 0 Å². The fraction of sp³-hybridized carbons (Fsp3) is 0.889. The Labute approximate surface area is 84.0 Å². The van der Waals surface area contributed by atoms with Crippen LogP contribution in [0.1, 0.15) is 20.3 Å². The molecule has 1 saturated heterocycles. The highest BCUT2D eigenvalue weighted by Crippen LogP contribution is 2.23. The van der Waals surface area contributed by atoms with Crippen LogP contribution in [-0.4, -0.2) is 36.1 Å². The molecule has 1 rings (SSSR count). The van der Waals surface area contributed by atoms with Crippen LogP contribution in [0.4, 0.5) is 4.79 Å². The first-order valence-corrected chi connectivity index (χ1v) is 4.94. The Morgan fingerprint density at radius 3 is 2.62 bits per heavy atom. The van der Waals surface area contributed by atoms with E-state index < -0.39 is 5.37 Å². The molecule has 1 aliphatic rings. The molecule has 0 bridgehead atoms. The molecule has 2 unspecified atom stereocenters. The Kier molecular flexibility index (Phi) is 3.56. The molecule has 1 fully saturated rings. The molecule has 0 saturated carbocycles. The van der Waals surface area contributed by atoms with E-state index in [-0.39, 0.29) is 12.1 Å². The second-order valence-electron chi connectivity index (χ2n) is 3.87. The Hall–Kier alpha value is -0.280. The fourth-order valence-corrected chi connectivity index (χ4v) is 1.66. The Morgan fingerprint density at radius 1 is 1.62 bits per heavy atom. The van der Waals surface area contributed by atoms with Gasteiger partial charge in [0, 0.05) is 7.05 Å². The lowest BCUT2D eigenvalue weighted by molar-refractivity contribution is 0.0718. The molecule has 0 aromatic heterocycles. The predicted molar refractivity (Wildman–Crippen MR) is 52.0 cm³/mol. The number of carbonyl (C=O) groups excluding carboxylic acids is 1. The largest absolute Gasteiger partial charge is 0.376 e. The average molecular weight is 206 g/mol. The van der Waals surface area contributed by atoms with E-state index in [2.05, 4.69) is 13.8 Å². The van der Waals surface area contributed by atoms with Crippen molar-refractivity contribution in [3.63, 3.8) is 0 Å². The number of halogens is 1. The van der Waals surface area contributed by atoms with E-state index in [0.29, 0.717) is 12.5 Å².